The average molecular weight is 154 g/mol. The molecule has 0 bridgehead atoms. The Labute approximate surface area is 69.2 Å². The number of hydrogen-bond acceptors (Lipinski definition) is 1. The van der Waals surface area contributed by atoms with Crippen molar-refractivity contribution in [3.8, 4) is 0 Å². The third-order valence-electron chi connectivity index (χ3n) is 2.81. The van der Waals surface area contributed by atoms with Gasteiger partial charge in [-0.25, -0.2) is 0 Å². The molecule has 1 saturated carbocycles. The van der Waals surface area contributed by atoms with Crippen LogP contribution in [-0.2, 0) is 4.79 Å². The lowest BCUT2D eigenvalue weighted by Crippen LogP contribution is -2.29. The van der Waals surface area contributed by atoms with Gasteiger partial charge in [0.2, 0.25) is 0 Å². The normalized spacial score (nSPS) is 32.9. The molecule has 0 aliphatic heterocycles. The van der Waals surface area contributed by atoms with Crippen LogP contribution < -0.4 is 0 Å². The van der Waals surface area contributed by atoms with Gasteiger partial charge < -0.3 is 0 Å². The summed E-state index contributed by atoms with van der Waals surface area (Å²) in [6.45, 7) is 6.37. The fourth-order valence-corrected chi connectivity index (χ4v) is 1.96. The summed E-state index contributed by atoms with van der Waals surface area (Å²) in [6.07, 6.45) is 3.48. The summed E-state index contributed by atoms with van der Waals surface area (Å²) in [7, 11) is 0. The highest BCUT2D eigenvalue weighted by atomic mass is 16.1. The van der Waals surface area contributed by atoms with Crippen molar-refractivity contribution >= 4 is 5.78 Å². The van der Waals surface area contributed by atoms with Gasteiger partial charge in [-0.1, -0.05) is 27.2 Å². The van der Waals surface area contributed by atoms with Crippen LogP contribution in [0.5, 0.6) is 0 Å². The summed E-state index contributed by atoms with van der Waals surface area (Å²) in [4.78, 5) is 11.6. The molecule has 1 fully saturated rings. The highest BCUT2D eigenvalue weighted by molar-refractivity contribution is 5.83. The summed E-state index contributed by atoms with van der Waals surface area (Å²) in [6, 6.07) is 0. The Hall–Kier alpha value is -0.330. The molecule has 0 radical (unpaired) electrons. The van der Waals surface area contributed by atoms with Gasteiger partial charge in [0.1, 0.15) is 5.78 Å². The summed E-state index contributed by atoms with van der Waals surface area (Å²) in [5.41, 5.74) is 0. The Morgan fingerprint density at radius 1 is 1.36 bits per heavy atom. The molecular weight excluding hydrogens is 136 g/mol. The molecule has 1 rings (SSSR count). The molecule has 2 unspecified atom stereocenters. The maximum absolute atomic E-state index is 11.6. The molecule has 1 heteroatoms. The SMILES string of the molecule is CC1CCCC(C(C)C)C1=O. The van der Waals surface area contributed by atoms with E-state index in [0.717, 1.165) is 12.8 Å². The van der Waals surface area contributed by atoms with Gasteiger partial charge in [-0.2, -0.15) is 0 Å². The van der Waals surface area contributed by atoms with Crippen LogP contribution in [0.25, 0.3) is 0 Å². The highest BCUT2D eigenvalue weighted by Gasteiger charge is 2.29. The maximum Gasteiger partial charge on any atom is 0.139 e. The minimum absolute atomic E-state index is 0.330. The van der Waals surface area contributed by atoms with Gasteiger partial charge in [-0.3, -0.25) is 4.79 Å². The average Bonchev–Trinajstić information content (AvgIpc) is 1.94. The summed E-state index contributed by atoms with van der Waals surface area (Å²) >= 11 is 0. The van der Waals surface area contributed by atoms with Crippen LogP contribution in [0.2, 0.25) is 0 Å². The van der Waals surface area contributed by atoms with Gasteiger partial charge in [-0.15, -0.1) is 0 Å². The molecule has 0 saturated heterocycles. The lowest BCUT2D eigenvalue weighted by Gasteiger charge is -2.27. The zero-order chi connectivity index (χ0) is 8.43. The quantitative estimate of drug-likeness (QED) is 0.567. The molecule has 11 heavy (non-hydrogen) atoms. The van der Waals surface area contributed by atoms with E-state index >= 15 is 0 Å². The Morgan fingerprint density at radius 3 is 2.45 bits per heavy atom. The van der Waals surface area contributed by atoms with Crippen LogP contribution in [0, 0.1) is 17.8 Å². The van der Waals surface area contributed by atoms with Crippen molar-refractivity contribution in [2.45, 2.75) is 40.0 Å². The smallest absolute Gasteiger partial charge is 0.139 e. The van der Waals surface area contributed by atoms with Crippen LogP contribution in [0.1, 0.15) is 40.0 Å². The molecule has 0 aromatic heterocycles. The van der Waals surface area contributed by atoms with Crippen LogP contribution >= 0.6 is 0 Å². The molecule has 0 aromatic rings. The molecule has 1 aliphatic carbocycles. The minimum atomic E-state index is 0.330. The Balaban J connectivity index is 2.58. The second-order valence-corrected chi connectivity index (χ2v) is 4.08. The summed E-state index contributed by atoms with van der Waals surface area (Å²) in [5, 5.41) is 0. The lowest BCUT2D eigenvalue weighted by molar-refractivity contribution is -0.130. The van der Waals surface area contributed by atoms with Crippen molar-refractivity contribution in [1.82, 2.24) is 0 Å². The second kappa shape index (κ2) is 3.38. The van der Waals surface area contributed by atoms with Crippen LogP contribution in [0.3, 0.4) is 0 Å². The number of carbonyl (C=O) groups excluding carboxylic acids is 1. The fraction of sp³-hybridized carbons (Fsp3) is 0.900. The molecule has 1 nitrogen and oxygen atoms in total. The van der Waals surface area contributed by atoms with E-state index in [1.807, 2.05) is 0 Å². The van der Waals surface area contributed by atoms with E-state index in [-0.39, 0.29) is 0 Å². The van der Waals surface area contributed by atoms with E-state index < -0.39 is 0 Å². The zero-order valence-electron chi connectivity index (χ0n) is 7.76. The number of ketones is 1. The van der Waals surface area contributed by atoms with Gasteiger partial charge in [0.15, 0.2) is 0 Å². The topological polar surface area (TPSA) is 17.1 Å². The van der Waals surface area contributed by atoms with Crippen LogP contribution in [-0.4, -0.2) is 5.78 Å². The third-order valence-corrected chi connectivity index (χ3v) is 2.81. The van der Waals surface area contributed by atoms with Crippen LogP contribution in [0.15, 0.2) is 0 Å². The summed E-state index contributed by atoms with van der Waals surface area (Å²) < 4.78 is 0. The molecule has 1 aliphatic rings. The van der Waals surface area contributed by atoms with E-state index in [1.54, 1.807) is 0 Å². The van der Waals surface area contributed by atoms with E-state index in [2.05, 4.69) is 20.8 Å². The van der Waals surface area contributed by atoms with Gasteiger partial charge in [0.05, 0.1) is 0 Å². The second-order valence-electron chi connectivity index (χ2n) is 4.08. The van der Waals surface area contributed by atoms with Crippen molar-refractivity contribution in [2.24, 2.45) is 17.8 Å². The molecular formula is C10H18O. The lowest BCUT2D eigenvalue weighted by atomic mass is 9.76. The van der Waals surface area contributed by atoms with E-state index in [4.69, 9.17) is 0 Å². The Morgan fingerprint density at radius 2 is 2.00 bits per heavy atom. The number of carbonyl (C=O) groups is 1. The number of Topliss-reactive ketones (excluding diaryl/α,β-unsaturated/α-hetero) is 1. The first-order valence-electron chi connectivity index (χ1n) is 4.66. The third kappa shape index (κ3) is 1.82. The Kier molecular flexibility index (Phi) is 2.69. The zero-order valence-corrected chi connectivity index (χ0v) is 7.76. The Bertz CT molecular complexity index is 149. The van der Waals surface area contributed by atoms with Gasteiger partial charge in [0, 0.05) is 11.8 Å². The van der Waals surface area contributed by atoms with Gasteiger partial charge >= 0.3 is 0 Å². The first kappa shape index (κ1) is 8.76. The molecule has 0 N–H and O–H groups in total. The highest BCUT2D eigenvalue weighted by Crippen LogP contribution is 2.29. The molecule has 2 atom stereocenters. The predicted molar refractivity (Wildman–Crippen MR) is 46.4 cm³/mol. The van der Waals surface area contributed by atoms with E-state index in [9.17, 15) is 4.79 Å². The minimum Gasteiger partial charge on any atom is -0.299 e. The van der Waals surface area contributed by atoms with Crippen molar-refractivity contribution in [1.29, 1.82) is 0 Å². The molecule has 0 amide bonds. The summed E-state index contributed by atoms with van der Waals surface area (Å²) in [5.74, 6) is 1.74. The predicted octanol–water partition coefficient (Wildman–Crippen LogP) is 2.65. The van der Waals surface area contributed by atoms with Crippen molar-refractivity contribution < 1.29 is 4.79 Å². The van der Waals surface area contributed by atoms with E-state index in [0.29, 0.717) is 23.5 Å². The first-order chi connectivity index (χ1) is 5.13. The maximum atomic E-state index is 11.6. The standard InChI is InChI=1S/C10H18O/c1-7(2)9-6-4-5-8(3)10(9)11/h7-9H,4-6H2,1-3H3. The molecule has 64 valence electrons. The molecule has 0 aromatic carbocycles. The van der Waals surface area contributed by atoms with Gasteiger partial charge in [-0.05, 0) is 18.8 Å². The van der Waals surface area contributed by atoms with Crippen molar-refractivity contribution in [2.75, 3.05) is 0 Å². The molecule has 0 spiro atoms. The monoisotopic (exact) mass is 154 g/mol. The van der Waals surface area contributed by atoms with Crippen molar-refractivity contribution in [3.05, 3.63) is 0 Å². The largest absolute Gasteiger partial charge is 0.299 e. The van der Waals surface area contributed by atoms with E-state index in [1.165, 1.54) is 6.42 Å². The number of rotatable bonds is 1. The first-order valence-corrected chi connectivity index (χ1v) is 4.66. The van der Waals surface area contributed by atoms with Crippen molar-refractivity contribution in [3.63, 3.8) is 0 Å². The fourth-order valence-electron chi connectivity index (χ4n) is 1.96. The van der Waals surface area contributed by atoms with Crippen LogP contribution in [0.4, 0.5) is 0 Å². The van der Waals surface area contributed by atoms with Gasteiger partial charge in [0.25, 0.3) is 0 Å². The molecule has 0 heterocycles. The number of hydrogen-bond donors (Lipinski definition) is 0.